The molecule has 0 atom stereocenters. The van der Waals surface area contributed by atoms with Gasteiger partial charge >= 0.3 is 0 Å². The minimum absolute atomic E-state index is 0.308. The lowest BCUT2D eigenvalue weighted by molar-refractivity contribution is -0.134. The van der Waals surface area contributed by atoms with Crippen LogP contribution < -0.4 is 0 Å². The third kappa shape index (κ3) is 0.857. The van der Waals surface area contributed by atoms with Crippen molar-refractivity contribution >= 4 is 11.8 Å². The molecule has 0 unspecified atom stereocenters. The third-order valence-electron chi connectivity index (χ3n) is 1.19. The lowest BCUT2D eigenvalue weighted by atomic mass is 10.4. The van der Waals surface area contributed by atoms with Crippen LogP contribution in [0.3, 0.4) is 0 Å². The van der Waals surface area contributed by atoms with E-state index in [1.165, 1.54) is 12.2 Å². The first-order chi connectivity index (χ1) is 4.63. The van der Waals surface area contributed by atoms with Crippen LogP contribution in [0.2, 0.25) is 0 Å². The fraction of sp³-hybridized carbons (Fsp3) is 0.143. The molecule has 0 bridgehead atoms. The van der Waals surface area contributed by atoms with E-state index in [-0.39, 0.29) is 11.8 Å². The Hall–Kier alpha value is -1.38. The van der Waals surface area contributed by atoms with Gasteiger partial charge in [-0.1, -0.05) is 6.58 Å². The smallest absolute Gasteiger partial charge is 0.257 e. The van der Waals surface area contributed by atoms with Crippen molar-refractivity contribution in [1.82, 2.24) is 4.90 Å². The molecule has 3 nitrogen and oxygen atoms in total. The van der Waals surface area contributed by atoms with E-state index in [4.69, 9.17) is 0 Å². The molecule has 0 aromatic carbocycles. The maximum Gasteiger partial charge on any atom is 0.257 e. The molecule has 0 aromatic rings. The van der Waals surface area contributed by atoms with Crippen LogP contribution in [-0.2, 0) is 9.59 Å². The second kappa shape index (κ2) is 2.10. The summed E-state index contributed by atoms with van der Waals surface area (Å²) < 4.78 is 0. The summed E-state index contributed by atoms with van der Waals surface area (Å²) in [5.74, 6) is -0.616. The molecule has 1 aliphatic heterocycles. The molecule has 3 heteroatoms. The highest BCUT2D eigenvalue weighted by molar-refractivity contribution is 6.14. The largest absolute Gasteiger partial charge is 0.269 e. The van der Waals surface area contributed by atoms with Gasteiger partial charge in [0.15, 0.2) is 0 Å². The number of nitrogens with zero attached hydrogens (tertiary/aromatic N) is 1. The van der Waals surface area contributed by atoms with Crippen molar-refractivity contribution < 1.29 is 9.59 Å². The van der Waals surface area contributed by atoms with Gasteiger partial charge in [-0.15, -0.1) is 0 Å². The van der Waals surface area contributed by atoms with Crippen LogP contribution in [0.5, 0.6) is 0 Å². The average molecular weight is 137 g/mol. The van der Waals surface area contributed by atoms with Crippen LogP contribution in [0.4, 0.5) is 0 Å². The Balaban J connectivity index is 2.90. The van der Waals surface area contributed by atoms with Gasteiger partial charge in [0, 0.05) is 17.8 Å². The number of imide groups is 1. The van der Waals surface area contributed by atoms with Gasteiger partial charge in [0.1, 0.15) is 0 Å². The molecule has 0 aliphatic carbocycles. The van der Waals surface area contributed by atoms with Crippen molar-refractivity contribution in [3.05, 3.63) is 24.4 Å². The van der Waals surface area contributed by atoms with E-state index >= 15 is 0 Å². The Bertz CT molecular complexity index is 222. The van der Waals surface area contributed by atoms with Crippen LogP contribution in [0.15, 0.2) is 24.4 Å². The van der Waals surface area contributed by atoms with Gasteiger partial charge in [-0.05, 0) is 6.92 Å². The SMILES string of the molecule is C=C(C)N1C(=O)C=CC1=O. The van der Waals surface area contributed by atoms with Crippen LogP contribution >= 0.6 is 0 Å². The van der Waals surface area contributed by atoms with Gasteiger partial charge < -0.3 is 0 Å². The first-order valence-corrected chi connectivity index (χ1v) is 2.84. The molecule has 0 aromatic heterocycles. The maximum atomic E-state index is 10.8. The summed E-state index contributed by atoms with van der Waals surface area (Å²) in [7, 11) is 0. The van der Waals surface area contributed by atoms with Crippen LogP contribution in [0, 0.1) is 0 Å². The molecule has 0 radical (unpaired) electrons. The summed E-state index contributed by atoms with van der Waals surface area (Å²) in [5, 5.41) is 0. The normalized spacial score (nSPS) is 16.7. The summed E-state index contributed by atoms with van der Waals surface area (Å²) in [6.07, 6.45) is 2.47. The van der Waals surface area contributed by atoms with Gasteiger partial charge in [0.25, 0.3) is 11.8 Å². The van der Waals surface area contributed by atoms with Gasteiger partial charge in [-0.3, -0.25) is 9.59 Å². The molecular formula is C7H7NO2. The monoisotopic (exact) mass is 137 g/mol. The molecule has 10 heavy (non-hydrogen) atoms. The molecule has 0 N–H and O–H groups in total. The Morgan fingerprint density at radius 2 is 1.80 bits per heavy atom. The van der Waals surface area contributed by atoms with Gasteiger partial charge in [0.2, 0.25) is 0 Å². The third-order valence-corrected chi connectivity index (χ3v) is 1.19. The maximum absolute atomic E-state index is 10.8. The van der Waals surface area contributed by atoms with Gasteiger partial charge in [-0.25, -0.2) is 4.90 Å². The number of carbonyl (C=O) groups is 2. The molecule has 0 fully saturated rings. The van der Waals surface area contributed by atoms with Crippen LogP contribution in [0.1, 0.15) is 6.92 Å². The second-order valence-corrected chi connectivity index (χ2v) is 2.08. The first-order valence-electron chi connectivity index (χ1n) is 2.84. The minimum Gasteiger partial charge on any atom is -0.269 e. The predicted octanol–water partition coefficient (Wildman–Crippen LogP) is 0.445. The van der Waals surface area contributed by atoms with E-state index in [1.54, 1.807) is 6.92 Å². The number of amides is 2. The molecule has 1 heterocycles. The summed E-state index contributed by atoms with van der Waals surface area (Å²) in [4.78, 5) is 22.6. The Morgan fingerprint density at radius 3 is 2.00 bits per heavy atom. The molecule has 1 aliphatic rings. The summed E-state index contributed by atoms with van der Waals surface area (Å²) >= 11 is 0. The Kier molecular flexibility index (Phi) is 1.41. The molecular weight excluding hydrogens is 130 g/mol. The summed E-state index contributed by atoms with van der Waals surface area (Å²) in [6.45, 7) is 5.10. The van der Waals surface area contributed by atoms with Crippen molar-refractivity contribution in [1.29, 1.82) is 0 Å². The lowest BCUT2D eigenvalue weighted by Gasteiger charge is -2.11. The fourth-order valence-electron chi connectivity index (χ4n) is 0.776. The number of allylic oxidation sites excluding steroid dienone is 1. The van der Waals surface area contributed by atoms with Crippen LogP contribution in [0.25, 0.3) is 0 Å². The lowest BCUT2D eigenvalue weighted by Crippen LogP contribution is -2.27. The van der Waals surface area contributed by atoms with Crippen molar-refractivity contribution in [3.63, 3.8) is 0 Å². The number of rotatable bonds is 1. The first kappa shape index (κ1) is 6.74. The molecule has 0 saturated carbocycles. The van der Waals surface area contributed by atoms with E-state index in [9.17, 15) is 9.59 Å². The van der Waals surface area contributed by atoms with Crippen molar-refractivity contribution in [3.8, 4) is 0 Å². The van der Waals surface area contributed by atoms with Gasteiger partial charge in [0.05, 0.1) is 0 Å². The van der Waals surface area contributed by atoms with E-state index < -0.39 is 0 Å². The van der Waals surface area contributed by atoms with E-state index in [0.29, 0.717) is 5.70 Å². The summed E-state index contributed by atoms with van der Waals surface area (Å²) in [6, 6.07) is 0. The Labute approximate surface area is 58.6 Å². The number of hydrogen-bond donors (Lipinski definition) is 0. The van der Waals surface area contributed by atoms with Crippen molar-refractivity contribution in [2.45, 2.75) is 6.92 Å². The number of carbonyl (C=O) groups excluding carboxylic acids is 2. The summed E-state index contributed by atoms with van der Waals surface area (Å²) in [5.41, 5.74) is 0.458. The highest BCUT2D eigenvalue weighted by atomic mass is 16.2. The van der Waals surface area contributed by atoms with E-state index in [1.807, 2.05) is 0 Å². The molecule has 52 valence electrons. The van der Waals surface area contributed by atoms with E-state index in [2.05, 4.69) is 6.58 Å². The highest BCUT2D eigenvalue weighted by Crippen LogP contribution is 2.08. The molecule has 0 spiro atoms. The highest BCUT2D eigenvalue weighted by Gasteiger charge is 2.23. The zero-order valence-corrected chi connectivity index (χ0v) is 5.63. The van der Waals surface area contributed by atoms with Crippen molar-refractivity contribution in [2.24, 2.45) is 0 Å². The topological polar surface area (TPSA) is 37.4 Å². The molecule has 2 amide bonds. The molecule has 0 saturated heterocycles. The quantitative estimate of drug-likeness (QED) is 0.492. The standard InChI is InChI=1S/C7H7NO2/c1-5(2)8-6(9)3-4-7(8)10/h3-4H,1H2,2H3. The van der Waals surface area contributed by atoms with Gasteiger partial charge in [-0.2, -0.15) is 0 Å². The van der Waals surface area contributed by atoms with Crippen LogP contribution in [-0.4, -0.2) is 16.7 Å². The zero-order chi connectivity index (χ0) is 7.72. The zero-order valence-electron chi connectivity index (χ0n) is 5.63. The average Bonchev–Trinajstić information content (AvgIpc) is 2.11. The second-order valence-electron chi connectivity index (χ2n) is 2.08. The number of hydrogen-bond acceptors (Lipinski definition) is 2. The van der Waals surface area contributed by atoms with Crippen molar-refractivity contribution in [2.75, 3.05) is 0 Å². The van der Waals surface area contributed by atoms with E-state index in [0.717, 1.165) is 4.90 Å². The minimum atomic E-state index is -0.308. The predicted molar refractivity (Wildman–Crippen MR) is 35.8 cm³/mol. The molecule has 1 rings (SSSR count). The Morgan fingerprint density at radius 1 is 1.40 bits per heavy atom. The fourth-order valence-corrected chi connectivity index (χ4v) is 0.776.